The lowest BCUT2D eigenvalue weighted by Crippen LogP contribution is -2.41. The smallest absolute Gasteiger partial charge is 0.324 e. The number of carbonyl (C=O) groups is 1. The molecule has 0 bridgehead atoms. The minimum atomic E-state index is -0.0541. The van der Waals surface area contributed by atoms with Gasteiger partial charge in [-0.25, -0.2) is 4.79 Å². The van der Waals surface area contributed by atoms with Crippen molar-refractivity contribution in [2.45, 2.75) is 13.8 Å². The number of amides is 2. The van der Waals surface area contributed by atoms with Gasteiger partial charge in [0.15, 0.2) is 5.84 Å². The van der Waals surface area contributed by atoms with Gasteiger partial charge >= 0.3 is 6.03 Å². The van der Waals surface area contributed by atoms with Crippen molar-refractivity contribution < 1.29 is 10.0 Å². The van der Waals surface area contributed by atoms with Gasteiger partial charge in [0.2, 0.25) is 0 Å². The zero-order chi connectivity index (χ0) is 14.4. The Morgan fingerprint density at radius 3 is 2.21 bits per heavy atom. The van der Waals surface area contributed by atoms with Gasteiger partial charge in [-0.05, 0) is 38.1 Å². The fourth-order valence-corrected chi connectivity index (χ4v) is 1.73. The predicted octanol–water partition coefficient (Wildman–Crippen LogP) is 1.68. The van der Waals surface area contributed by atoms with Gasteiger partial charge in [-0.3, -0.25) is 4.90 Å². The SMILES string of the molecule is CCN(CC)C(=O)N(C)c1ccc(C(N)=NO)cc1. The number of benzene rings is 1. The van der Waals surface area contributed by atoms with Gasteiger partial charge in [0, 0.05) is 31.4 Å². The number of nitrogens with two attached hydrogens (primary N) is 1. The van der Waals surface area contributed by atoms with Crippen LogP contribution in [0.1, 0.15) is 19.4 Å². The van der Waals surface area contributed by atoms with E-state index >= 15 is 0 Å². The third-order valence-corrected chi connectivity index (χ3v) is 2.98. The average Bonchev–Trinajstić information content (AvgIpc) is 2.47. The van der Waals surface area contributed by atoms with Crippen LogP contribution in [0.2, 0.25) is 0 Å². The standard InChI is InChI=1S/C13H20N4O2/c1-4-17(5-2)13(18)16(3)11-8-6-10(7-9-11)12(14)15-19/h6-9,19H,4-5H2,1-3H3,(H2,14,15). The molecule has 0 unspecified atom stereocenters. The number of amidine groups is 1. The van der Waals surface area contributed by atoms with Crippen LogP contribution in [-0.4, -0.2) is 42.1 Å². The number of oxime groups is 1. The summed E-state index contributed by atoms with van der Waals surface area (Å²) in [5.41, 5.74) is 6.85. The van der Waals surface area contributed by atoms with Gasteiger partial charge in [0.05, 0.1) is 0 Å². The van der Waals surface area contributed by atoms with Crippen LogP contribution < -0.4 is 10.6 Å². The zero-order valence-electron chi connectivity index (χ0n) is 11.5. The summed E-state index contributed by atoms with van der Waals surface area (Å²) in [6, 6.07) is 6.87. The van der Waals surface area contributed by atoms with Crippen LogP contribution in [0, 0.1) is 0 Å². The van der Waals surface area contributed by atoms with Crippen molar-refractivity contribution in [2.75, 3.05) is 25.0 Å². The lowest BCUT2D eigenvalue weighted by Gasteiger charge is -2.26. The highest BCUT2D eigenvalue weighted by Gasteiger charge is 2.16. The molecule has 0 aromatic heterocycles. The monoisotopic (exact) mass is 264 g/mol. The number of rotatable bonds is 4. The van der Waals surface area contributed by atoms with Crippen molar-refractivity contribution in [3.63, 3.8) is 0 Å². The second-order valence-corrected chi connectivity index (χ2v) is 4.05. The fraction of sp³-hybridized carbons (Fsp3) is 0.385. The summed E-state index contributed by atoms with van der Waals surface area (Å²) < 4.78 is 0. The molecule has 2 amide bonds. The lowest BCUT2D eigenvalue weighted by molar-refractivity contribution is 0.211. The minimum Gasteiger partial charge on any atom is -0.409 e. The fourth-order valence-electron chi connectivity index (χ4n) is 1.73. The first-order chi connectivity index (χ1) is 9.04. The summed E-state index contributed by atoms with van der Waals surface area (Å²) in [4.78, 5) is 15.5. The van der Waals surface area contributed by atoms with E-state index in [9.17, 15) is 4.79 Å². The van der Waals surface area contributed by atoms with Gasteiger partial charge in [0.25, 0.3) is 0 Å². The van der Waals surface area contributed by atoms with Crippen LogP contribution in [0.5, 0.6) is 0 Å². The molecule has 0 atom stereocenters. The van der Waals surface area contributed by atoms with E-state index in [2.05, 4.69) is 5.16 Å². The molecule has 1 aromatic carbocycles. The van der Waals surface area contributed by atoms with Crippen LogP contribution in [0.25, 0.3) is 0 Å². The Morgan fingerprint density at radius 1 is 1.26 bits per heavy atom. The van der Waals surface area contributed by atoms with Crippen molar-refractivity contribution in [3.8, 4) is 0 Å². The first-order valence-electron chi connectivity index (χ1n) is 6.15. The average molecular weight is 264 g/mol. The van der Waals surface area contributed by atoms with Crippen LogP contribution in [0.15, 0.2) is 29.4 Å². The zero-order valence-corrected chi connectivity index (χ0v) is 11.5. The Kier molecular flexibility index (Phi) is 5.17. The maximum atomic E-state index is 12.1. The normalized spacial score (nSPS) is 11.2. The van der Waals surface area contributed by atoms with Crippen molar-refractivity contribution in [3.05, 3.63) is 29.8 Å². The quantitative estimate of drug-likeness (QED) is 0.375. The summed E-state index contributed by atoms with van der Waals surface area (Å²) in [6.07, 6.45) is 0. The van der Waals surface area contributed by atoms with E-state index in [0.717, 1.165) is 5.69 Å². The van der Waals surface area contributed by atoms with E-state index in [1.807, 2.05) is 13.8 Å². The molecule has 0 aliphatic rings. The van der Waals surface area contributed by atoms with Gasteiger partial charge < -0.3 is 15.8 Å². The summed E-state index contributed by atoms with van der Waals surface area (Å²) in [5.74, 6) is 0.0456. The molecule has 1 rings (SSSR count). The maximum absolute atomic E-state index is 12.1. The summed E-state index contributed by atoms with van der Waals surface area (Å²) in [7, 11) is 1.72. The Morgan fingerprint density at radius 2 is 1.79 bits per heavy atom. The number of hydrogen-bond acceptors (Lipinski definition) is 3. The Labute approximate surface area is 113 Å². The van der Waals surface area contributed by atoms with E-state index in [1.54, 1.807) is 41.1 Å². The van der Waals surface area contributed by atoms with E-state index in [4.69, 9.17) is 10.9 Å². The first kappa shape index (κ1) is 14.8. The molecule has 0 saturated carbocycles. The molecule has 6 heteroatoms. The highest BCUT2D eigenvalue weighted by Crippen LogP contribution is 2.15. The first-order valence-corrected chi connectivity index (χ1v) is 6.15. The van der Waals surface area contributed by atoms with Crippen LogP contribution in [-0.2, 0) is 0 Å². The molecule has 0 aliphatic carbocycles. The van der Waals surface area contributed by atoms with Crippen molar-refractivity contribution >= 4 is 17.6 Å². The number of urea groups is 1. The third kappa shape index (κ3) is 3.37. The molecule has 6 nitrogen and oxygen atoms in total. The highest BCUT2D eigenvalue weighted by atomic mass is 16.4. The molecular weight excluding hydrogens is 244 g/mol. The van der Waals surface area contributed by atoms with Crippen molar-refractivity contribution in [1.82, 2.24) is 4.90 Å². The molecule has 0 aliphatic heterocycles. The number of anilines is 1. The Bertz CT molecular complexity index is 452. The second-order valence-electron chi connectivity index (χ2n) is 4.05. The minimum absolute atomic E-state index is 0.0456. The molecule has 0 heterocycles. The summed E-state index contributed by atoms with van der Waals surface area (Å²) in [5, 5.41) is 11.5. The van der Waals surface area contributed by atoms with E-state index < -0.39 is 0 Å². The van der Waals surface area contributed by atoms with Crippen molar-refractivity contribution in [1.29, 1.82) is 0 Å². The highest BCUT2D eigenvalue weighted by molar-refractivity contribution is 5.98. The largest absolute Gasteiger partial charge is 0.409 e. The predicted molar refractivity (Wildman–Crippen MR) is 75.7 cm³/mol. The maximum Gasteiger partial charge on any atom is 0.324 e. The second kappa shape index (κ2) is 6.63. The molecule has 0 saturated heterocycles. The molecule has 0 radical (unpaired) electrons. The number of nitrogens with zero attached hydrogens (tertiary/aromatic N) is 3. The topological polar surface area (TPSA) is 82.2 Å². The number of carbonyl (C=O) groups excluding carboxylic acids is 1. The van der Waals surface area contributed by atoms with Gasteiger partial charge in [0.1, 0.15) is 0 Å². The summed E-state index contributed by atoms with van der Waals surface area (Å²) >= 11 is 0. The van der Waals surface area contributed by atoms with Gasteiger partial charge in [-0.2, -0.15) is 0 Å². The molecule has 0 spiro atoms. The van der Waals surface area contributed by atoms with Crippen LogP contribution in [0.3, 0.4) is 0 Å². The molecule has 19 heavy (non-hydrogen) atoms. The number of hydrogen-bond donors (Lipinski definition) is 2. The van der Waals surface area contributed by atoms with E-state index in [-0.39, 0.29) is 11.9 Å². The molecular formula is C13H20N4O2. The van der Waals surface area contributed by atoms with Gasteiger partial charge in [-0.1, -0.05) is 5.16 Å². The molecule has 3 N–H and O–H groups in total. The molecule has 104 valence electrons. The van der Waals surface area contributed by atoms with Crippen molar-refractivity contribution in [2.24, 2.45) is 10.9 Å². The van der Waals surface area contributed by atoms with Crippen LogP contribution in [0.4, 0.5) is 10.5 Å². The van der Waals surface area contributed by atoms with Gasteiger partial charge in [-0.15, -0.1) is 0 Å². The lowest BCUT2D eigenvalue weighted by atomic mass is 10.2. The Balaban J connectivity index is 2.89. The Hall–Kier alpha value is -2.24. The summed E-state index contributed by atoms with van der Waals surface area (Å²) in [6.45, 7) is 5.22. The molecule has 0 fully saturated rings. The van der Waals surface area contributed by atoms with Crippen LogP contribution >= 0.6 is 0 Å². The molecule has 1 aromatic rings. The van der Waals surface area contributed by atoms with E-state index in [0.29, 0.717) is 18.7 Å². The third-order valence-electron chi connectivity index (χ3n) is 2.98. The van der Waals surface area contributed by atoms with E-state index in [1.165, 1.54) is 0 Å².